The monoisotopic (exact) mass is 436 g/mol. The third-order valence-corrected chi connectivity index (χ3v) is 4.08. The van der Waals surface area contributed by atoms with Crippen LogP contribution >= 0.6 is 22.6 Å². The molecule has 0 unspecified atom stereocenters. The molecule has 2 rings (SSSR count). The summed E-state index contributed by atoms with van der Waals surface area (Å²) in [7, 11) is -4.27. The second-order valence-electron chi connectivity index (χ2n) is 4.06. The standard InChI is InChI=1S/C7H8IN.C6H5NO5S/c8-7-3-1-6(5-9)2-4-7;8-7(9)5-1-3-6(4-2-5)13(10,11)12/h1-4H,5,9H2;1-4H,(H,10,11,12). The second kappa shape index (κ2) is 8.17. The fraction of sp³-hybridized carbons (Fsp3) is 0.0769. The quantitative estimate of drug-likeness (QED) is 0.330. The number of hydrogen-bond donors (Lipinski definition) is 2. The molecular formula is C13H13IN2O5S. The Balaban J connectivity index is 0.000000235. The Labute approximate surface area is 141 Å². The lowest BCUT2D eigenvalue weighted by molar-refractivity contribution is -0.384. The molecule has 0 bridgehead atoms. The van der Waals surface area contributed by atoms with Crippen molar-refractivity contribution < 1.29 is 17.9 Å². The molecule has 0 amide bonds. The topological polar surface area (TPSA) is 124 Å². The lowest BCUT2D eigenvalue weighted by atomic mass is 10.2. The maximum atomic E-state index is 10.5. The summed E-state index contributed by atoms with van der Waals surface area (Å²) in [4.78, 5) is 9.13. The van der Waals surface area contributed by atoms with Crippen molar-refractivity contribution >= 4 is 38.4 Å². The third kappa shape index (κ3) is 6.05. The van der Waals surface area contributed by atoms with E-state index in [1.54, 1.807) is 0 Å². The zero-order valence-corrected chi connectivity index (χ0v) is 14.2. The maximum Gasteiger partial charge on any atom is 0.294 e. The van der Waals surface area contributed by atoms with Crippen molar-refractivity contribution in [3.63, 3.8) is 0 Å². The molecule has 0 saturated heterocycles. The Hall–Kier alpha value is -1.56. The zero-order chi connectivity index (χ0) is 16.8. The minimum absolute atomic E-state index is 0.229. The summed E-state index contributed by atoms with van der Waals surface area (Å²) in [5.41, 5.74) is 6.36. The van der Waals surface area contributed by atoms with Gasteiger partial charge in [0.15, 0.2) is 0 Å². The molecule has 0 aliphatic heterocycles. The van der Waals surface area contributed by atoms with Crippen LogP contribution in [0.5, 0.6) is 0 Å². The Morgan fingerprint density at radius 1 is 1.09 bits per heavy atom. The average Bonchev–Trinajstić information content (AvgIpc) is 2.48. The van der Waals surface area contributed by atoms with E-state index in [0.29, 0.717) is 6.54 Å². The average molecular weight is 436 g/mol. The van der Waals surface area contributed by atoms with Crippen LogP contribution in [0.4, 0.5) is 5.69 Å². The van der Waals surface area contributed by atoms with Gasteiger partial charge in [-0.15, -0.1) is 0 Å². The first-order chi connectivity index (χ1) is 10.2. The SMILES string of the molecule is NCc1ccc(I)cc1.O=[N+]([O-])c1ccc(S(=O)(=O)O)cc1. The van der Waals surface area contributed by atoms with E-state index < -0.39 is 15.0 Å². The number of non-ortho nitro benzene ring substituents is 1. The summed E-state index contributed by atoms with van der Waals surface area (Å²) in [6.07, 6.45) is 0. The number of nitro groups is 1. The van der Waals surface area contributed by atoms with Gasteiger partial charge in [0.2, 0.25) is 0 Å². The molecule has 0 aliphatic rings. The minimum Gasteiger partial charge on any atom is -0.326 e. The highest BCUT2D eigenvalue weighted by Gasteiger charge is 2.11. The number of nitrogens with two attached hydrogens (primary N) is 1. The van der Waals surface area contributed by atoms with Crippen LogP contribution in [0.2, 0.25) is 0 Å². The second-order valence-corrected chi connectivity index (χ2v) is 6.72. The Morgan fingerprint density at radius 2 is 1.59 bits per heavy atom. The van der Waals surface area contributed by atoms with Gasteiger partial charge in [-0.25, -0.2) is 0 Å². The summed E-state index contributed by atoms with van der Waals surface area (Å²) >= 11 is 2.27. The number of rotatable bonds is 3. The lowest BCUT2D eigenvalue weighted by Crippen LogP contribution is -1.97. The number of benzene rings is 2. The molecule has 118 valence electrons. The molecule has 0 heterocycles. The van der Waals surface area contributed by atoms with Crippen LogP contribution in [-0.4, -0.2) is 17.9 Å². The highest BCUT2D eigenvalue weighted by Crippen LogP contribution is 2.14. The number of halogens is 1. The molecular weight excluding hydrogens is 423 g/mol. The number of hydrogen-bond acceptors (Lipinski definition) is 5. The summed E-state index contributed by atoms with van der Waals surface area (Å²) in [5.74, 6) is 0. The Morgan fingerprint density at radius 3 is 1.95 bits per heavy atom. The predicted molar refractivity (Wildman–Crippen MR) is 90.0 cm³/mol. The summed E-state index contributed by atoms with van der Waals surface area (Å²) in [5, 5.41) is 10.2. The van der Waals surface area contributed by atoms with Gasteiger partial charge in [0.25, 0.3) is 15.8 Å². The molecule has 7 nitrogen and oxygen atoms in total. The summed E-state index contributed by atoms with van der Waals surface area (Å²) in [6.45, 7) is 0.636. The van der Waals surface area contributed by atoms with Crippen molar-refractivity contribution in [3.8, 4) is 0 Å². The molecule has 22 heavy (non-hydrogen) atoms. The van der Waals surface area contributed by atoms with E-state index in [-0.39, 0.29) is 10.6 Å². The Kier molecular flexibility index (Phi) is 6.87. The highest BCUT2D eigenvalue weighted by molar-refractivity contribution is 14.1. The molecule has 0 atom stereocenters. The number of nitro benzene ring substituents is 1. The first-order valence-corrected chi connectivity index (χ1v) is 8.42. The number of nitrogens with zero attached hydrogens (tertiary/aromatic N) is 1. The van der Waals surface area contributed by atoms with E-state index >= 15 is 0 Å². The van der Waals surface area contributed by atoms with E-state index in [2.05, 4.69) is 34.7 Å². The smallest absolute Gasteiger partial charge is 0.294 e. The van der Waals surface area contributed by atoms with Crippen LogP contribution in [0.15, 0.2) is 53.4 Å². The van der Waals surface area contributed by atoms with E-state index in [0.717, 1.165) is 24.3 Å². The van der Waals surface area contributed by atoms with Crippen molar-refractivity contribution in [1.82, 2.24) is 0 Å². The lowest BCUT2D eigenvalue weighted by Gasteiger charge is -1.94. The van der Waals surface area contributed by atoms with Gasteiger partial charge >= 0.3 is 0 Å². The molecule has 0 spiro atoms. The van der Waals surface area contributed by atoms with Crippen molar-refractivity contribution in [3.05, 3.63) is 67.8 Å². The van der Waals surface area contributed by atoms with Crippen molar-refractivity contribution in [2.75, 3.05) is 0 Å². The van der Waals surface area contributed by atoms with Crippen LogP contribution in [0, 0.1) is 13.7 Å². The molecule has 0 radical (unpaired) electrons. The molecule has 2 aromatic carbocycles. The van der Waals surface area contributed by atoms with Gasteiger partial charge < -0.3 is 5.73 Å². The van der Waals surface area contributed by atoms with E-state index in [4.69, 9.17) is 10.3 Å². The van der Waals surface area contributed by atoms with Crippen LogP contribution in [0.25, 0.3) is 0 Å². The molecule has 0 fully saturated rings. The fourth-order valence-electron chi connectivity index (χ4n) is 1.36. The predicted octanol–water partition coefficient (Wildman–Crippen LogP) is 2.59. The van der Waals surface area contributed by atoms with E-state index in [9.17, 15) is 18.5 Å². The molecule has 0 aromatic heterocycles. The van der Waals surface area contributed by atoms with Crippen molar-refractivity contribution in [2.24, 2.45) is 5.73 Å². The normalized spacial score (nSPS) is 10.5. The van der Waals surface area contributed by atoms with Gasteiger partial charge in [-0.3, -0.25) is 14.7 Å². The third-order valence-electron chi connectivity index (χ3n) is 2.49. The summed E-state index contributed by atoms with van der Waals surface area (Å²) in [6, 6.07) is 12.1. The summed E-state index contributed by atoms with van der Waals surface area (Å²) < 4.78 is 30.8. The van der Waals surface area contributed by atoms with Crippen LogP contribution in [0.1, 0.15) is 5.56 Å². The highest BCUT2D eigenvalue weighted by atomic mass is 127. The van der Waals surface area contributed by atoms with Crippen molar-refractivity contribution in [2.45, 2.75) is 11.4 Å². The van der Waals surface area contributed by atoms with Gasteiger partial charge in [-0.2, -0.15) is 8.42 Å². The van der Waals surface area contributed by atoms with Crippen molar-refractivity contribution in [1.29, 1.82) is 0 Å². The molecule has 2 aromatic rings. The van der Waals surface area contributed by atoms with Gasteiger partial charge in [0, 0.05) is 22.2 Å². The van der Waals surface area contributed by atoms with Gasteiger partial charge in [-0.1, -0.05) is 12.1 Å². The first-order valence-electron chi connectivity index (χ1n) is 5.90. The van der Waals surface area contributed by atoms with Gasteiger partial charge in [0.05, 0.1) is 9.82 Å². The Bertz CT molecular complexity index is 730. The van der Waals surface area contributed by atoms with E-state index in [1.165, 1.54) is 9.13 Å². The minimum atomic E-state index is -4.27. The molecule has 0 saturated carbocycles. The maximum absolute atomic E-state index is 10.5. The van der Waals surface area contributed by atoms with Gasteiger partial charge in [0.1, 0.15) is 0 Å². The van der Waals surface area contributed by atoms with Crippen LogP contribution in [0.3, 0.4) is 0 Å². The largest absolute Gasteiger partial charge is 0.326 e. The molecule has 9 heteroatoms. The van der Waals surface area contributed by atoms with E-state index in [1.807, 2.05) is 12.1 Å². The fourth-order valence-corrected chi connectivity index (χ4v) is 2.20. The zero-order valence-electron chi connectivity index (χ0n) is 11.2. The molecule has 0 aliphatic carbocycles. The van der Waals surface area contributed by atoms with Crippen LogP contribution < -0.4 is 5.73 Å². The molecule has 3 N–H and O–H groups in total. The van der Waals surface area contributed by atoms with Crippen LogP contribution in [-0.2, 0) is 16.7 Å². The van der Waals surface area contributed by atoms with Gasteiger partial charge in [-0.05, 0) is 52.4 Å². The first kappa shape index (κ1) is 18.5.